The summed E-state index contributed by atoms with van der Waals surface area (Å²) in [6, 6.07) is 2.45. The van der Waals surface area contributed by atoms with Crippen LogP contribution in [0.4, 0.5) is 19.0 Å². The van der Waals surface area contributed by atoms with Crippen molar-refractivity contribution in [1.82, 2.24) is 9.88 Å². The highest BCUT2D eigenvalue weighted by atomic mass is 19.4. The smallest absolute Gasteiger partial charge is 0.356 e. The van der Waals surface area contributed by atoms with E-state index in [0.29, 0.717) is 30.7 Å². The summed E-state index contributed by atoms with van der Waals surface area (Å²) in [4.78, 5) is 20.7. The Morgan fingerprint density at radius 1 is 1.08 bits per heavy atom. The lowest BCUT2D eigenvalue weighted by molar-refractivity contribution is -0.137. The van der Waals surface area contributed by atoms with Crippen LogP contribution in [0.1, 0.15) is 31.2 Å². The molecule has 25 heavy (non-hydrogen) atoms. The highest BCUT2D eigenvalue weighted by Gasteiger charge is 2.41. The minimum Gasteiger partial charge on any atom is -0.356 e. The maximum atomic E-state index is 12.8. The molecule has 3 heterocycles. The molecule has 0 radical (unpaired) electrons. The Bertz CT molecular complexity index is 634. The van der Waals surface area contributed by atoms with E-state index in [9.17, 15) is 18.0 Å². The number of rotatable bonds is 2. The van der Waals surface area contributed by atoms with Crippen LogP contribution >= 0.6 is 0 Å². The summed E-state index contributed by atoms with van der Waals surface area (Å²) < 4.78 is 37.9. The summed E-state index contributed by atoms with van der Waals surface area (Å²) in [5, 5.41) is 0. The highest BCUT2D eigenvalue weighted by molar-refractivity contribution is 5.80. The molecule has 0 bridgehead atoms. The summed E-state index contributed by atoms with van der Waals surface area (Å²) in [7, 11) is 0. The number of pyridine rings is 1. The summed E-state index contributed by atoms with van der Waals surface area (Å²) in [6.07, 6.45) is 0.998. The fourth-order valence-electron chi connectivity index (χ4n) is 4.58. The molecule has 136 valence electrons. The van der Waals surface area contributed by atoms with E-state index in [4.69, 9.17) is 0 Å². The topological polar surface area (TPSA) is 36.4 Å². The number of halogens is 3. The Labute approximate surface area is 145 Å². The van der Waals surface area contributed by atoms with Gasteiger partial charge in [-0.05, 0) is 43.2 Å². The van der Waals surface area contributed by atoms with E-state index in [1.54, 1.807) is 0 Å². The molecular formula is C18H22F3N3O. The van der Waals surface area contributed by atoms with Gasteiger partial charge in [0.15, 0.2) is 0 Å². The van der Waals surface area contributed by atoms with E-state index in [1.807, 2.05) is 9.80 Å². The van der Waals surface area contributed by atoms with Crippen LogP contribution in [0.5, 0.6) is 0 Å². The average molecular weight is 353 g/mol. The van der Waals surface area contributed by atoms with Gasteiger partial charge in [0.25, 0.3) is 0 Å². The van der Waals surface area contributed by atoms with Crippen LogP contribution < -0.4 is 4.90 Å². The Balaban J connectivity index is 1.37. The summed E-state index contributed by atoms with van der Waals surface area (Å²) in [6.45, 7) is 2.98. The van der Waals surface area contributed by atoms with Gasteiger partial charge in [-0.25, -0.2) is 4.98 Å². The minimum absolute atomic E-state index is 0.0667. The number of aromatic nitrogens is 1. The van der Waals surface area contributed by atoms with Crippen LogP contribution in [0.15, 0.2) is 18.3 Å². The van der Waals surface area contributed by atoms with Gasteiger partial charge in [-0.3, -0.25) is 4.79 Å². The van der Waals surface area contributed by atoms with E-state index >= 15 is 0 Å². The second-order valence-corrected chi connectivity index (χ2v) is 7.53. The number of carbonyl (C=O) groups excluding carboxylic acids is 1. The van der Waals surface area contributed by atoms with E-state index in [2.05, 4.69) is 4.98 Å². The summed E-state index contributed by atoms with van der Waals surface area (Å²) in [5.41, 5.74) is -0.744. The Morgan fingerprint density at radius 2 is 1.80 bits per heavy atom. The Hall–Kier alpha value is -1.79. The molecule has 7 heteroatoms. The number of fused-ring (bicyclic) bond motifs is 1. The quantitative estimate of drug-likeness (QED) is 0.819. The largest absolute Gasteiger partial charge is 0.417 e. The van der Waals surface area contributed by atoms with Crippen LogP contribution in [-0.4, -0.2) is 42.0 Å². The number of amides is 1. The van der Waals surface area contributed by atoms with Crippen LogP contribution in [0.2, 0.25) is 0 Å². The lowest BCUT2D eigenvalue weighted by Crippen LogP contribution is -2.36. The van der Waals surface area contributed by atoms with Crippen LogP contribution in [0.3, 0.4) is 0 Å². The molecule has 1 aliphatic carbocycles. The van der Waals surface area contributed by atoms with E-state index < -0.39 is 11.7 Å². The number of hydrogen-bond acceptors (Lipinski definition) is 3. The maximum Gasteiger partial charge on any atom is 0.417 e. The van der Waals surface area contributed by atoms with Crippen molar-refractivity contribution in [3.05, 3.63) is 23.9 Å². The number of anilines is 1. The number of hydrogen-bond donors (Lipinski definition) is 0. The molecule has 4 rings (SSSR count). The molecule has 4 nitrogen and oxygen atoms in total. The molecule has 3 fully saturated rings. The first-order valence-corrected chi connectivity index (χ1v) is 8.99. The second-order valence-electron chi connectivity index (χ2n) is 7.53. The third kappa shape index (κ3) is 3.20. The SMILES string of the molecule is O=C(C1CCN(c2ccc(C(F)(F)F)cn2)C1)N1CC2CCCC2C1. The maximum absolute atomic E-state index is 12.8. The molecule has 0 aromatic carbocycles. The van der Waals surface area contributed by atoms with Gasteiger partial charge < -0.3 is 9.80 Å². The standard InChI is InChI=1S/C18H22F3N3O/c19-18(20,21)15-4-5-16(22-8-15)23-7-6-14(11-23)17(25)24-9-12-2-1-3-13(12)10-24/h4-5,8,12-14H,1-3,6-7,9-11H2. The number of carbonyl (C=O) groups is 1. The first-order chi connectivity index (χ1) is 11.9. The number of alkyl halides is 3. The fraction of sp³-hybridized carbons (Fsp3) is 0.667. The lowest BCUT2D eigenvalue weighted by atomic mass is 10.0. The van der Waals surface area contributed by atoms with Crippen LogP contribution in [0, 0.1) is 17.8 Å². The zero-order valence-corrected chi connectivity index (χ0v) is 14.0. The zero-order valence-electron chi connectivity index (χ0n) is 14.0. The summed E-state index contributed by atoms with van der Waals surface area (Å²) in [5.74, 6) is 2.02. The third-order valence-electron chi connectivity index (χ3n) is 5.97. The normalized spacial score (nSPS) is 29.3. The van der Waals surface area contributed by atoms with Crippen molar-refractivity contribution in [3.8, 4) is 0 Å². The van der Waals surface area contributed by atoms with E-state index in [1.165, 1.54) is 25.3 Å². The molecule has 0 spiro atoms. The van der Waals surface area contributed by atoms with Gasteiger partial charge in [0, 0.05) is 32.4 Å². The van der Waals surface area contributed by atoms with Gasteiger partial charge >= 0.3 is 6.18 Å². The molecule has 3 atom stereocenters. The predicted molar refractivity (Wildman–Crippen MR) is 87.0 cm³/mol. The fourth-order valence-corrected chi connectivity index (χ4v) is 4.58. The van der Waals surface area contributed by atoms with Crippen molar-refractivity contribution in [2.24, 2.45) is 17.8 Å². The molecule has 0 N–H and O–H groups in total. The van der Waals surface area contributed by atoms with Crippen LogP contribution in [0.25, 0.3) is 0 Å². The average Bonchev–Trinajstić information content (AvgIpc) is 3.29. The van der Waals surface area contributed by atoms with Crippen molar-refractivity contribution in [2.45, 2.75) is 31.9 Å². The first kappa shape index (κ1) is 16.7. The highest BCUT2D eigenvalue weighted by Crippen LogP contribution is 2.39. The van der Waals surface area contributed by atoms with E-state index in [-0.39, 0.29) is 11.8 Å². The van der Waals surface area contributed by atoms with Gasteiger partial charge in [0.1, 0.15) is 5.82 Å². The zero-order chi connectivity index (χ0) is 17.6. The molecule has 1 amide bonds. The second kappa shape index (κ2) is 6.18. The van der Waals surface area contributed by atoms with E-state index in [0.717, 1.165) is 31.8 Å². The molecular weight excluding hydrogens is 331 g/mol. The van der Waals surface area contributed by atoms with Crippen molar-refractivity contribution in [2.75, 3.05) is 31.1 Å². The summed E-state index contributed by atoms with van der Waals surface area (Å²) >= 11 is 0. The molecule has 1 saturated carbocycles. The van der Waals surface area contributed by atoms with Gasteiger partial charge in [-0.2, -0.15) is 13.2 Å². The molecule has 3 unspecified atom stereocenters. The van der Waals surface area contributed by atoms with Crippen molar-refractivity contribution in [3.63, 3.8) is 0 Å². The van der Waals surface area contributed by atoms with Gasteiger partial charge in [0.05, 0.1) is 11.5 Å². The molecule has 2 aliphatic heterocycles. The van der Waals surface area contributed by atoms with Crippen molar-refractivity contribution < 1.29 is 18.0 Å². The number of nitrogens with zero attached hydrogens (tertiary/aromatic N) is 3. The number of likely N-dealkylation sites (tertiary alicyclic amines) is 1. The van der Waals surface area contributed by atoms with Crippen molar-refractivity contribution in [1.29, 1.82) is 0 Å². The lowest BCUT2D eigenvalue weighted by Gasteiger charge is -2.22. The molecule has 1 aromatic rings. The molecule has 2 saturated heterocycles. The Morgan fingerprint density at radius 3 is 2.40 bits per heavy atom. The Kier molecular flexibility index (Phi) is 4.12. The van der Waals surface area contributed by atoms with Crippen LogP contribution in [-0.2, 0) is 11.0 Å². The van der Waals surface area contributed by atoms with Gasteiger partial charge in [0.2, 0.25) is 5.91 Å². The third-order valence-corrected chi connectivity index (χ3v) is 5.97. The van der Waals surface area contributed by atoms with Crippen molar-refractivity contribution >= 4 is 11.7 Å². The molecule has 3 aliphatic rings. The predicted octanol–water partition coefficient (Wildman–Crippen LogP) is 3.19. The van der Waals surface area contributed by atoms with Gasteiger partial charge in [-0.1, -0.05) is 6.42 Å². The first-order valence-electron chi connectivity index (χ1n) is 8.99. The minimum atomic E-state index is -4.37. The van der Waals surface area contributed by atoms with Gasteiger partial charge in [-0.15, -0.1) is 0 Å². The molecule has 1 aromatic heterocycles. The monoisotopic (exact) mass is 353 g/mol.